The second-order valence-electron chi connectivity index (χ2n) is 14.4. The van der Waals surface area contributed by atoms with E-state index in [1.165, 1.54) is 122 Å². The van der Waals surface area contributed by atoms with Gasteiger partial charge in [-0.05, 0) is 19.3 Å². The van der Waals surface area contributed by atoms with Gasteiger partial charge in [0, 0.05) is 6.42 Å². The number of unbranched alkanes of at least 4 members (excludes halogenated alkanes) is 23. The van der Waals surface area contributed by atoms with Crippen LogP contribution < -0.4 is 5.32 Å². The number of aliphatic hydroxyl groups is 5. The molecule has 1 rings (SSSR count). The molecule has 1 aliphatic heterocycles. The predicted octanol–water partition coefficient (Wildman–Crippen LogP) is 7.39. The summed E-state index contributed by atoms with van der Waals surface area (Å²) >= 11 is 0. The van der Waals surface area contributed by atoms with Gasteiger partial charge in [-0.25, -0.2) is 0 Å². The summed E-state index contributed by atoms with van der Waals surface area (Å²) in [6, 6.07) is -0.796. The molecule has 9 heteroatoms. The van der Waals surface area contributed by atoms with Crippen LogP contribution in [0.5, 0.6) is 0 Å². The van der Waals surface area contributed by atoms with E-state index in [1.807, 2.05) is 6.08 Å². The summed E-state index contributed by atoms with van der Waals surface area (Å²) in [6.45, 7) is 3.75. The first-order valence-corrected chi connectivity index (χ1v) is 20.4. The smallest absolute Gasteiger partial charge is 0.220 e. The molecule has 1 aliphatic rings. The Kier molecular flexibility index (Phi) is 29.7. The normalized spacial score (nSPS) is 22.5. The third kappa shape index (κ3) is 23.2. The third-order valence-corrected chi connectivity index (χ3v) is 9.86. The van der Waals surface area contributed by atoms with E-state index < -0.39 is 49.5 Å². The fraction of sp³-hybridized carbons (Fsp3) is 0.925. The Bertz CT molecular complexity index is 781. The van der Waals surface area contributed by atoms with Crippen molar-refractivity contribution in [1.82, 2.24) is 5.32 Å². The number of hydrogen-bond donors (Lipinski definition) is 6. The van der Waals surface area contributed by atoms with E-state index in [4.69, 9.17) is 9.47 Å². The summed E-state index contributed by atoms with van der Waals surface area (Å²) < 4.78 is 11.2. The highest BCUT2D eigenvalue weighted by Gasteiger charge is 2.44. The van der Waals surface area contributed by atoms with Crippen LogP contribution in [0.2, 0.25) is 0 Å². The molecule has 6 N–H and O–H groups in total. The molecule has 0 unspecified atom stereocenters. The highest BCUT2D eigenvalue weighted by Crippen LogP contribution is 2.22. The number of aliphatic hydroxyl groups excluding tert-OH is 5. The largest absolute Gasteiger partial charge is 0.394 e. The van der Waals surface area contributed by atoms with Gasteiger partial charge in [-0.3, -0.25) is 4.79 Å². The van der Waals surface area contributed by atoms with Crippen LogP contribution in [0.4, 0.5) is 0 Å². The van der Waals surface area contributed by atoms with E-state index in [-0.39, 0.29) is 12.5 Å². The van der Waals surface area contributed by atoms with E-state index in [0.29, 0.717) is 6.42 Å². The van der Waals surface area contributed by atoms with Crippen LogP contribution in [-0.4, -0.2) is 87.5 Å². The Labute approximate surface area is 299 Å². The summed E-state index contributed by atoms with van der Waals surface area (Å²) in [5.41, 5.74) is 0. The van der Waals surface area contributed by atoms with Gasteiger partial charge in [0.25, 0.3) is 0 Å². The van der Waals surface area contributed by atoms with Gasteiger partial charge in [-0.15, -0.1) is 0 Å². The molecule has 1 heterocycles. The number of ether oxygens (including phenoxy) is 2. The number of carbonyl (C=O) groups excluding carboxylic acids is 1. The van der Waals surface area contributed by atoms with Crippen LogP contribution in [0.15, 0.2) is 12.2 Å². The Hall–Kier alpha value is -1.07. The van der Waals surface area contributed by atoms with Gasteiger partial charge in [-0.1, -0.05) is 167 Å². The molecule has 7 atom stereocenters. The van der Waals surface area contributed by atoms with Crippen molar-refractivity contribution < 1.29 is 39.8 Å². The number of rotatable bonds is 33. The lowest BCUT2D eigenvalue weighted by Gasteiger charge is -2.40. The average molecular weight is 700 g/mol. The average Bonchev–Trinajstić information content (AvgIpc) is 3.10. The summed E-state index contributed by atoms with van der Waals surface area (Å²) in [7, 11) is 0. The lowest BCUT2D eigenvalue weighted by Crippen LogP contribution is -2.60. The lowest BCUT2D eigenvalue weighted by molar-refractivity contribution is -0.302. The van der Waals surface area contributed by atoms with Crippen molar-refractivity contribution in [1.29, 1.82) is 0 Å². The van der Waals surface area contributed by atoms with E-state index >= 15 is 0 Å². The first kappa shape index (κ1) is 46.0. The van der Waals surface area contributed by atoms with Crippen molar-refractivity contribution >= 4 is 5.91 Å². The van der Waals surface area contributed by atoms with Crippen LogP contribution >= 0.6 is 0 Å². The summed E-state index contributed by atoms with van der Waals surface area (Å²) in [5, 5.41) is 53.9. The maximum Gasteiger partial charge on any atom is 0.220 e. The molecule has 1 saturated heterocycles. The fourth-order valence-electron chi connectivity index (χ4n) is 6.51. The van der Waals surface area contributed by atoms with Gasteiger partial charge in [0.1, 0.15) is 24.4 Å². The number of carbonyl (C=O) groups is 1. The molecular formula is C40H77NO8. The van der Waals surface area contributed by atoms with Gasteiger partial charge in [0.05, 0.1) is 25.4 Å². The summed E-state index contributed by atoms with van der Waals surface area (Å²) in [5.74, 6) is -0.177. The monoisotopic (exact) mass is 700 g/mol. The molecule has 0 aromatic heterocycles. The zero-order chi connectivity index (χ0) is 36.0. The molecule has 0 radical (unpaired) electrons. The molecule has 1 fully saturated rings. The molecule has 0 bridgehead atoms. The van der Waals surface area contributed by atoms with Crippen LogP contribution in [0.1, 0.15) is 181 Å². The molecule has 0 aliphatic carbocycles. The van der Waals surface area contributed by atoms with Gasteiger partial charge >= 0.3 is 0 Å². The molecule has 0 spiro atoms. The van der Waals surface area contributed by atoms with Gasteiger partial charge < -0.3 is 40.3 Å². The van der Waals surface area contributed by atoms with Crippen molar-refractivity contribution in [3.63, 3.8) is 0 Å². The zero-order valence-corrected chi connectivity index (χ0v) is 31.5. The number of amides is 1. The molecular weight excluding hydrogens is 622 g/mol. The van der Waals surface area contributed by atoms with Crippen LogP contribution in [0, 0.1) is 0 Å². The molecule has 9 nitrogen and oxygen atoms in total. The number of hydrogen-bond acceptors (Lipinski definition) is 8. The first-order valence-electron chi connectivity index (χ1n) is 20.4. The topological polar surface area (TPSA) is 149 Å². The second kappa shape index (κ2) is 31.6. The Balaban J connectivity index is 2.40. The van der Waals surface area contributed by atoms with Crippen LogP contribution in [-0.2, 0) is 14.3 Å². The van der Waals surface area contributed by atoms with E-state index in [2.05, 4.69) is 19.2 Å². The lowest BCUT2D eigenvalue weighted by atomic mass is 9.99. The van der Waals surface area contributed by atoms with Crippen molar-refractivity contribution in [3.8, 4) is 0 Å². The summed E-state index contributed by atoms with van der Waals surface area (Å²) in [4.78, 5) is 12.9. The van der Waals surface area contributed by atoms with E-state index in [9.17, 15) is 30.3 Å². The highest BCUT2D eigenvalue weighted by atomic mass is 16.7. The third-order valence-electron chi connectivity index (χ3n) is 9.86. The van der Waals surface area contributed by atoms with Gasteiger partial charge in [-0.2, -0.15) is 0 Å². The van der Waals surface area contributed by atoms with Crippen molar-refractivity contribution in [2.24, 2.45) is 0 Å². The van der Waals surface area contributed by atoms with Crippen molar-refractivity contribution in [2.75, 3.05) is 13.2 Å². The highest BCUT2D eigenvalue weighted by molar-refractivity contribution is 5.76. The van der Waals surface area contributed by atoms with Gasteiger partial charge in [0.2, 0.25) is 5.91 Å². The predicted molar refractivity (Wildman–Crippen MR) is 198 cm³/mol. The molecule has 1 amide bonds. The minimum atomic E-state index is -1.56. The van der Waals surface area contributed by atoms with Gasteiger partial charge in [0.15, 0.2) is 6.29 Å². The molecule has 49 heavy (non-hydrogen) atoms. The standard InChI is InChI=1S/C40H77NO8/c1-3-5-7-9-11-13-15-16-17-18-20-22-24-26-28-30-36(44)41-33(32-48-40-39(47)38(46)37(45)35(31-42)49-40)34(43)29-27-25-23-21-19-14-12-10-8-6-4-2/h27,29,33-35,37-40,42-43,45-47H,3-26,28,30-32H2,1-2H3,(H,41,44)/b29-27+/t33-,34+,35+,37+,38-,39+,40+/m0/s1. The summed E-state index contributed by atoms with van der Waals surface area (Å²) in [6.07, 6.45) is 26.8. The van der Waals surface area contributed by atoms with E-state index in [1.54, 1.807) is 6.08 Å². The first-order chi connectivity index (χ1) is 23.8. The molecule has 290 valence electrons. The maximum absolute atomic E-state index is 12.9. The molecule has 0 saturated carbocycles. The Morgan fingerprint density at radius 3 is 1.59 bits per heavy atom. The second-order valence-corrected chi connectivity index (χ2v) is 14.4. The quantitative estimate of drug-likeness (QED) is 0.0307. The minimum absolute atomic E-state index is 0.177. The number of nitrogens with one attached hydrogen (secondary N) is 1. The van der Waals surface area contributed by atoms with Crippen LogP contribution in [0.3, 0.4) is 0 Å². The van der Waals surface area contributed by atoms with Crippen LogP contribution in [0.25, 0.3) is 0 Å². The molecule has 0 aromatic rings. The van der Waals surface area contributed by atoms with Crippen molar-refractivity contribution in [2.45, 2.75) is 224 Å². The SMILES string of the molecule is CCCCCCCCCCC/C=C/[C@@H](O)[C@H](CO[C@@H]1O[C@H](CO)[C@@H](O)[C@H](O)[C@H]1O)NC(=O)CCCCCCCCCCCCCCCCC. The Morgan fingerprint density at radius 1 is 0.673 bits per heavy atom. The number of allylic oxidation sites excluding steroid dienone is 1. The maximum atomic E-state index is 12.9. The zero-order valence-electron chi connectivity index (χ0n) is 31.5. The minimum Gasteiger partial charge on any atom is -0.394 e. The Morgan fingerprint density at radius 2 is 1.12 bits per heavy atom. The molecule has 0 aromatic carbocycles. The fourth-order valence-corrected chi connectivity index (χ4v) is 6.51. The van der Waals surface area contributed by atoms with E-state index in [0.717, 1.165) is 38.5 Å². The van der Waals surface area contributed by atoms with Crippen molar-refractivity contribution in [3.05, 3.63) is 12.2 Å².